The summed E-state index contributed by atoms with van der Waals surface area (Å²) in [5, 5.41) is 14.6. The third kappa shape index (κ3) is 4.78. The van der Waals surface area contributed by atoms with Crippen molar-refractivity contribution < 1.29 is 4.92 Å². The van der Waals surface area contributed by atoms with E-state index in [4.69, 9.17) is 0 Å². The minimum absolute atomic E-state index is 0.199. The predicted molar refractivity (Wildman–Crippen MR) is 88.3 cm³/mol. The number of rotatable bonds is 6. The summed E-state index contributed by atoms with van der Waals surface area (Å²) in [6, 6.07) is 5.63. The molecule has 0 unspecified atom stereocenters. The summed E-state index contributed by atoms with van der Waals surface area (Å²) in [6.07, 6.45) is 7.55. The van der Waals surface area contributed by atoms with Crippen LogP contribution in [0.1, 0.15) is 51.0 Å². The number of hydrogen-bond donors (Lipinski definition) is 1. The first-order valence-corrected chi connectivity index (χ1v) is 8.55. The lowest BCUT2D eigenvalue weighted by Crippen LogP contribution is -2.32. The van der Waals surface area contributed by atoms with Crippen LogP contribution in [0.5, 0.6) is 0 Å². The van der Waals surface area contributed by atoms with Gasteiger partial charge in [0.15, 0.2) is 0 Å². The van der Waals surface area contributed by atoms with E-state index in [1.165, 1.54) is 38.5 Å². The summed E-state index contributed by atoms with van der Waals surface area (Å²) in [5.41, 5.74) is 0.954. The van der Waals surface area contributed by atoms with E-state index in [0.29, 0.717) is 12.6 Å². The number of nitrogens with zero attached hydrogens (tertiary/aromatic N) is 1. The molecule has 0 aromatic heterocycles. The molecule has 0 radical (unpaired) electrons. The highest BCUT2D eigenvalue weighted by molar-refractivity contribution is 9.10. The highest BCUT2D eigenvalue weighted by Gasteiger charge is 2.21. The van der Waals surface area contributed by atoms with Crippen LogP contribution in [0.3, 0.4) is 0 Å². The fourth-order valence-corrected chi connectivity index (χ4v) is 3.60. The van der Waals surface area contributed by atoms with Crippen molar-refractivity contribution in [1.29, 1.82) is 0 Å². The summed E-state index contributed by atoms with van der Waals surface area (Å²) in [5.74, 6) is 0.883. The molecule has 1 aliphatic rings. The van der Waals surface area contributed by atoms with Gasteiger partial charge in [-0.2, -0.15) is 0 Å². The van der Waals surface area contributed by atoms with Gasteiger partial charge < -0.3 is 5.32 Å². The molecule has 1 aromatic carbocycles. The number of nitro groups is 1. The molecule has 4 nitrogen and oxygen atoms in total. The maximum Gasteiger partial charge on any atom is 0.273 e. The van der Waals surface area contributed by atoms with Crippen LogP contribution in [0.2, 0.25) is 0 Å². The quantitative estimate of drug-likeness (QED) is 0.589. The lowest BCUT2D eigenvalue weighted by Gasteiger charge is -2.29. The van der Waals surface area contributed by atoms with Gasteiger partial charge in [0.2, 0.25) is 0 Å². The number of benzene rings is 1. The van der Waals surface area contributed by atoms with Gasteiger partial charge in [0.25, 0.3) is 5.69 Å². The van der Waals surface area contributed by atoms with E-state index in [1.807, 2.05) is 6.07 Å². The molecule has 0 saturated heterocycles. The second-order valence-electron chi connectivity index (χ2n) is 5.92. The van der Waals surface area contributed by atoms with Crippen LogP contribution in [-0.4, -0.2) is 11.0 Å². The van der Waals surface area contributed by atoms with Gasteiger partial charge in [-0.3, -0.25) is 10.1 Å². The van der Waals surface area contributed by atoms with Crippen molar-refractivity contribution in [2.45, 2.75) is 58.0 Å². The van der Waals surface area contributed by atoms with E-state index in [0.717, 1.165) is 16.0 Å². The maximum absolute atomic E-state index is 11.1. The third-order valence-corrected chi connectivity index (χ3v) is 4.86. The monoisotopic (exact) mass is 354 g/mol. The smallest absolute Gasteiger partial charge is 0.273 e. The van der Waals surface area contributed by atoms with Crippen molar-refractivity contribution >= 4 is 21.6 Å². The third-order valence-electron chi connectivity index (χ3n) is 4.36. The molecule has 0 heterocycles. The Balaban J connectivity index is 1.89. The zero-order chi connectivity index (χ0) is 15.2. The molecule has 116 valence electrons. The normalized spacial score (nSPS) is 22.2. The van der Waals surface area contributed by atoms with E-state index >= 15 is 0 Å². The molecule has 2 rings (SSSR count). The maximum atomic E-state index is 11.1. The van der Waals surface area contributed by atoms with Gasteiger partial charge in [0.1, 0.15) is 0 Å². The van der Waals surface area contributed by atoms with E-state index < -0.39 is 0 Å². The molecule has 0 amide bonds. The number of hydrogen-bond acceptors (Lipinski definition) is 3. The summed E-state index contributed by atoms with van der Waals surface area (Å²) in [7, 11) is 0. The van der Waals surface area contributed by atoms with Crippen LogP contribution in [0.4, 0.5) is 5.69 Å². The molecule has 0 spiro atoms. The summed E-state index contributed by atoms with van der Waals surface area (Å²) < 4.78 is 0.886. The molecule has 0 atom stereocenters. The van der Waals surface area contributed by atoms with Crippen LogP contribution in [0.15, 0.2) is 22.7 Å². The lowest BCUT2D eigenvalue weighted by atomic mass is 9.83. The van der Waals surface area contributed by atoms with Crippen molar-refractivity contribution in [2.75, 3.05) is 0 Å². The largest absolute Gasteiger partial charge is 0.310 e. The standard InChI is InChI=1S/C16H23BrN2O2/c1-2-3-12-4-7-15(8-5-12)18-11-13-10-14(17)6-9-16(13)19(20)21/h6,9-10,12,15,18H,2-5,7-8,11H2,1H3. The molecule has 1 N–H and O–H groups in total. The van der Waals surface area contributed by atoms with E-state index in [1.54, 1.807) is 12.1 Å². The minimum Gasteiger partial charge on any atom is -0.310 e. The van der Waals surface area contributed by atoms with Gasteiger partial charge in [-0.25, -0.2) is 0 Å². The van der Waals surface area contributed by atoms with Crippen LogP contribution in [0.25, 0.3) is 0 Å². The van der Waals surface area contributed by atoms with Crippen LogP contribution >= 0.6 is 15.9 Å². The van der Waals surface area contributed by atoms with Crippen molar-refractivity contribution in [3.63, 3.8) is 0 Å². The number of halogens is 1. The Labute approximate surface area is 134 Å². The minimum atomic E-state index is -0.304. The van der Waals surface area contributed by atoms with Crippen molar-refractivity contribution in [1.82, 2.24) is 5.32 Å². The highest BCUT2D eigenvalue weighted by Crippen LogP contribution is 2.28. The van der Waals surface area contributed by atoms with Crippen LogP contribution in [0, 0.1) is 16.0 Å². The number of nitrogens with one attached hydrogen (secondary N) is 1. The Morgan fingerprint density at radius 2 is 2.05 bits per heavy atom. The van der Waals surface area contributed by atoms with E-state index in [9.17, 15) is 10.1 Å². The average Bonchev–Trinajstić information content (AvgIpc) is 2.46. The van der Waals surface area contributed by atoms with E-state index in [2.05, 4.69) is 28.2 Å². The topological polar surface area (TPSA) is 55.2 Å². The summed E-state index contributed by atoms with van der Waals surface area (Å²) in [6.45, 7) is 2.82. The SMILES string of the molecule is CCCC1CCC(NCc2cc(Br)ccc2[N+](=O)[O-])CC1. The lowest BCUT2D eigenvalue weighted by molar-refractivity contribution is -0.385. The Hall–Kier alpha value is -0.940. The fraction of sp³-hybridized carbons (Fsp3) is 0.625. The first-order valence-electron chi connectivity index (χ1n) is 7.76. The van der Waals surface area contributed by atoms with Crippen LogP contribution < -0.4 is 5.32 Å². The molecular weight excluding hydrogens is 332 g/mol. The summed E-state index contributed by atoms with van der Waals surface area (Å²) >= 11 is 3.39. The first-order chi connectivity index (χ1) is 10.1. The van der Waals surface area contributed by atoms with Gasteiger partial charge >= 0.3 is 0 Å². The number of nitro benzene ring substituents is 1. The Kier molecular flexibility index (Phi) is 6.18. The van der Waals surface area contributed by atoms with Crippen LogP contribution in [-0.2, 0) is 6.54 Å². The molecule has 21 heavy (non-hydrogen) atoms. The molecule has 0 aliphatic heterocycles. The highest BCUT2D eigenvalue weighted by atomic mass is 79.9. The second kappa shape index (κ2) is 7.90. The molecule has 1 saturated carbocycles. The molecule has 5 heteroatoms. The van der Waals surface area contributed by atoms with Gasteiger partial charge in [-0.1, -0.05) is 35.7 Å². The molecular formula is C16H23BrN2O2. The second-order valence-corrected chi connectivity index (χ2v) is 6.83. The zero-order valence-corrected chi connectivity index (χ0v) is 14.1. The Morgan fingerprint density at radius 1 is 1.33 bits per heavy atom. The van der Waals surface area contributed by atoms with Gasteiger partial charge in [0, 0.05) is 28.7 Å². The van der Waals surface area contributed by atoms with E-state index in [-0.39, 0.29) is 10.6 Å². The van der Waals surface area contributed by atoms with Gasteiger partial charge in [0.05, 0.1) is 4.92 Å². The fourth-order valence-electron chi connectivity index (χ4n) is 3.19. The van der Waals surface area contributed by atoms with Crippen molar-refractivity contribution in [3.8, 4) is 0 Å². The van der Waals surface area contributed by atoms with Crippen molar-refractivity contribution in [3.05, 3.63) is 38.3 Å². The molecule has 1 aromatic rings. The predicted octanol–water partition coefficient (Wildman–Crippen LogP) is 4.81. The zero-order valence-electron chi connectivity index (χ0n) is 12.5. The van der Waals surface area contributed by atoms with Gasteiger partial charge in [-0.15, -0.1) is 0 Å². The molecule has 1 fully saturated rings. The first kappa shape index (κ1) is 16.4. The average molecular weight is 355 g/mol. The summed E-state index contributed by atoms with van der Waals surface area (Å²) in [4.78, 5) is 10.8. The molecule has 0 bridgehead atoms. The van der Waals surface area contributed by atoms with Crippen molar-refractivity contribution in [2.24, 2.45) is 5.92 Å². The Bertz CT molecular complexity index is 485. The van der Waals surface area contributed by atoms with Gasteiger partial charge in [-0.05, 0) is 43.7 Å². The Morgan fingerprint density at radius 3 is 2.67 bits per heavy atom. The molecule has 1 aliphatic carbocycles.